The van der Waals surface area contributed by atoms with Crippen LogP contribution in [0.1, 0.15) is 34.1 Å². The average molecular weight is 239 g/mol. The molecule has 0 bridgehead atoms. The Bertz CT molecular complexity index is 208. The minimum atomic E-state index is -3.84. The lowest BCUT2D eigenvalue weighted by Crippen LogP contribution is -2.24. The summed E-state index contributed by atoms with van der Waals surface area (Å²) in [7, 11) is -3.84. The van der Waals surface area contributed by atoms with Crippen LogP contribution < -0.4 is 5.32 Å². The van der Waals surface area contributed by atoms with E-state index in [1.54, 1.807) is 13.8 Å². The van der Waals surface area contributed by atoms with Crippen LogP contribution in [0.5, 0.6) is 0 Å². The fraction of sp³-hybridized carbons (Fsp3) is 1.00. The predicted octanol–water partition coefficient (Wildman–Crippen LogP) is 1.92. The molecule has 0 aliphatic carbocycles. The molecule has 0 aromatic carbocycles. The lowest BCUT2D eigenvalue weighted by Gasteiger charge is -2.14. The van der Waals surface area contributed by atoms with Gasteiger partial charge < -0.3 is 10.2 Å². The van der Waals surface area contributed by atoms with E-state index in [0.717, 1.165) is 6.54 Å². The highest BCUT2D eigenvalue weighted by molar-refractivity contribution is 7.47. The first-order chi connectivity index (χ1) is 6.83. The second kappa shape index (κ2) is 7.36. The van der Waals surface area contributed by atoms with Crippen LogP contribution >= 0.6 is 7.82 Å². The first-order valence-corrected chi connectivity index (χ1v) is 6.72. The standard InChI is InChI=1S/C9H22NO4P/c1-8(2)10-6-5-7-13-15(11,12)14-9(3)4/h8-10H,5-7H2,1-4H3,(H,11,12). The first kappa shape index (κ1) is 15.1. The first-order valence-electron chi connectivity index (χ1n) is 5.22. The van der Waals surface area contributed by atoms with E-state index in [4.69, 9.17) is 9.05 Å². The van der Waals surface area contributed by atoms with Gasteiger partial charge in [0.05, 0.1) is 12.7 Å². The molecule has 0 saturated carbocycles. The third kappa shape index (κ3) is 10.4. The molecule has 1 atom stereocenters. The summed E-state index contributed by atoms with van der Waals surface area (Å²) in [6, 6.07) is 0.415. The number of nitrogens with one attached hydrogen (secondary N) is 1. The number of rotatable bonds is 8. The van der Waals surface area contributed by atoms with Crippen molar-refractivity contribution in [2.75, 3.05) is 13.2 Å². The van der Waals surface area contributed by atoms with Crippen molar-refractivity contribution in [1.82, 2.24) is 5.32 Å². The molecule has 0 aromatic rings. The molecule has 0 rings (SSSR count). The zero-order valence-corrected chi connectivity index (χ0v) is 10.8. The maximum Gasteiger partial charge on any atom is 0.472 e. The second-order valence-electron chi connectivity index (χ2n) is 3.92. The van der Waals surface area contributed by atoms with E-state index < -0.39 is 7.82 Å². The predicted molar refractivity (Wildman–Crippen MR) is 59.8 cm³/mol. The topological polar surface area (TPSA) is 67.8 Å². The van der Waals surface area contributed by atoms with Crippen LogP contribution in [0.3, 0.4) is 0 Å². The summed E-state index contributed by atoms with van der Waals surface area (Å²) >= 11 is 0. The van der Waals surface area contributed by atoms with E-state index in [0.29, 0.717) is 12.5 Å². The molecule has 0 aromatic heterocycles. The Hall–Kier alpha value is 0.0700. The number of hydrogen-bond donors (Lipinski definition) is 2. The number of phosphoric acid groups is 1. The highest BCUT2D eigenvalue weighted by Gasteiger charge is 2.21. The third-order valence-electron chi connectivity index (χ3n) is 1.47. The monoisotopic (exact) mass is 239 g/mol. The molecule has 0 aliphatic rings. The van der Waals surface area contributed by atoms with Crippen LogP contribution in [0.15, 0.2) is 0 Å². The molecule has 0 amide bonds. The smallest absolute Gasteiger partial charge is 0.314 e. The highest BCUT2D eigenvalue weighted by atomic mass is 31.2. The van der Waals surface area contributed by atoms with Gasteiger partial charge in [-0.25, -0.2) is 4.57 Å². The minimum Gasteiger partial charge on any atom is -0.314 e. The number of phosphoric ester groups is 1. The molecule has 0 aliphatic heterocycles. The molecule has 6 heteroatoms. The quantitative estimate of drug-likeness (QED) is 0.500. The van der Waals surface area contributed by atoms with Crippen molar-refractivity contribution in [2.45, 2.75) is 46.3 Å². The van der Waals surface area contributed by atoms with Gasteiger partial charge in [0.2, 0.25) is 0 Å². The highest BCUT2D eigenvalue weighted by Crippen LogP contribution is 2.44. The SMILES string of the molecule is CC(C)NCCCOP(=O)(O)OC(C)C. The Morgan fingerprint density at radius 2 is 1.93 bits per heavy atom. The van der Waals surface area contributed by atoms with Gasteiger partial charge >= 0.3 is 7.82 Å². The van der Waals surface area contributed by atoms with Gasteiger partial charge in [0.25, 0.3) is 0 Å². The average Bonchev–Trinajstić information content (AvgIpc) is 1.99. The maximum atomic E-state index is 11.2. The Balaban J connectivity index is 3.53. The normalized spacial score (nSPS) is 15.9. The minimum absolute atomic E-state index is 0.222. The maximum absolute atomic E-state index is 11.2. The molecular formula is C9H22NO4P. The number of hydrogen-bond acceptors (Lipinski definition) is 4. The van der Waals surface area contributed by atoms with Gasteiger partial charge in [-0.05, 0) is 26.8 Å². The van der Waals surface area contributed by atoms with Crippen molar-refractivity contribution in [3.8, 4) is 0 Å². The van der Waals surface area contributed by atoms with E-state index in [1.165, 1.54) is 0 Å². The van der Waals surface area contributed by atoms with Crippen molar-refractivity contribution in [3.05, 3.63) is 0 Å². The summed E-state index contributed by atoms with van der Waals surface area (Å²) in [6.07, 6.45) is 0.374. The van der Waals surface area contributed by atoms with E-state index in [9.17, 15) is 9.46 Å². The molecule has 0 saturated heterocycles. The van der Waals surface area contributed by atoms with E-state index in [2.05, 4.69) is 5.32 Å². The largest absolute Gasteiger partial charge is 0.472 e. The van der Waals surface area contributed by atoms with Gasteiger partial charge in [-0.2, -0.15) is 0 Å². The van der Waals surface area contributed by atoms with Crippen molar-refractivity contribution >= 4 is 7.82 Å². The molecule has 1 unspecified atom stereocenters. The molecule has 0 radical (unpaired) electrons. The Kier molecular flexibility index (Phi) is 7.40. The van der Waals surface area contributed by atoms with Gasteiger partial charge in [0.15, 0.2) is 0 Å². The lowest BCUT2D eigenvalue weighted by molar-refractivity contribution is 0.120. The molecule has 0 fully saturated rings. The molecular weight excluding hydrogens is 217 g/mol. The summed E-state index contributed by atoms with van der Waals surface area (Å²) in [4.78, 5) is 9.18. The Labute approximate surface area is 91.8 Å². The molecule has 0 heterocycles. The van der Waals surface area contributed by atoms with Gasteiger partial charge in [-0.1, -0.05) is 13.8 Å². The summed E-state index contributed by atoms with van der Waals surface area (Å²) in [5.74, 6) is 0. The van der Waals surface area contributed by atoms with Crippen molar-refractivity contribution < 1.29 is 18.5 Å². The van der Waals surface area contributed by atoms with E-state index in [1.807, 2.05) is 13.8 Å². The van der Waals surface area contributed by atoms with Crippen LogP contribution in [0, 0.1) is 0 Å². The van der Waals surface area contributed by atoms with Crippen LogP contribution in [0.4, 0.5) is 0 Å². The molecule has 5 nitrogen and oxygen atoms in total. The molecule has 2 N–H and O–H groups in total. The Morgan fingerprint density at radius 3 is 2.40 bits per heavy atom. The van der Waals surface area contributed by atoms with Crippen LogP contribution in [0.25, 0.3) is 0 Å². The fourth-order valence-corrected chi connectivity index (χ4v) is 1.89. The van der Waals surface area contributed by atoms with Crippen LogP contribution in [0.2, 0.25) is 0 Å². The van der Waals surface area contributed by atoms with Crippen LogP contribution in [-0.4, -0.2) is 30.2 Å². The summed E-state index contributed by atoms with van der Waals surface area (Å²) in [5, 5.41) is 3.18. The van der Waals surface area contributed by atoms with Gasteiger partial charge in [-0.15, -0.1) is 0 Å². The molecule has 0 spiro atoms. The zero-order valence-electron chi connectivity index (χ0n) is 9.90. The second-order valence-corrected chi connectivity index (χ2v) is 5.32. The van der Waals surface area contributed by atoms with E-state index >= 15 is 0 Å². The molecule has 15 heavy (non-hydrogen) atoms. The van der Waals surface area contributed by atoms with Crippen molar-refractivity contribution in [3.63, 3.8) is 0 Å². The Morgan fingerprint density at radius 1 is 1.33 bits per heavy atom. The molecule has 92 valence electrons. The lowest BCUT2D eigenvalue weighted by atomic mass is 10.3. The van der Waals surface area contributed by atoms with Crippen molar-refractivity contribution in [1.29, 1.82) is 0 Å². The fourth-order valence-electron chi connectivity index (χ4n) is 0.940. The van der Waals surface area contributed by atoms with Crippen molar-refractivity contribution in [2.24, 2.45) is 0 Å². The summed E-state index contributed by atoms with van der Waals surface area (Å²) in [5.41, 5.74) is 0. The van der Waals surface area contributed by atoms with Gasteiger partial charge in [0.1, 0.15) is 0 Å². The summed E-state index contributed by atoms with van der Waals surface area (Å²) < 4.78 is 20.7. The van der Waals surface area contributed by atoms with Gasteiger partial charge in [0, 0.05) is 6.04 Å². The zero-order chi connectivity index (χ0) is 11.9. The van der Waals surface area contributed by atoms with E-state index in [-0.39, 0.29) is 12.7 Å². The third-order valence-corrected chi connectivity index (χ3v) is 2.67. The van der Waals surface area contributed by atoms with Gasteiger partial charge in [-0.3, -0.25) is 9.05 Å². The summed E-state index contributed by atoms with van der Waals surface area (Å²) in [6.45, 7) is 8.44. The van der Waals surface area contributed by atoms with Crippen LogP contribution in [-0.2, 0) is 13.6 Å².